The van der Waals surface area contributed by atoms with Crippen molar-refractivity contribution in [2.75, 3.05) is 31.5 Å². The first kappa shape index (κ1) is 14.8. The molecule has 0 aromatic rings. The fourth-order valence-electron chi connectivity index (χ4n) is 3.18. The first-order chi connectivity index (χ1) is 9.10. The van der Waals surface area contributed by atoms with Crippen LogP contribution in [0.25, 0.3) is 0 Å². The molecule has 1 saturated heterocycles. The lowest BCUT2D eigenvalue weighted by atomic mass is 9.88. The van der Waals surface area contributed by atoms with Crippen molar-refractivity contribution in [3.8, 4) is 0 Å². The smallest absolute Gasteiger partial charge is 0.242 e. The van der Waals surface area contributed by atoms with Gasteiger partial charge in [-0.25, -0.2) is 0 Å². The van der Waals surface area contributed by atoms with Gasteiger partial charge in [-0.2, -0.15) is 0 Å². The van der Waals surface area contributed by atoms with E-state index in [9.17, 15) is 9.59 Å². The molecule has 0 unspecified atom stereocenters. The highest BCUT2D eigenvalue weighted by atomic mass is 79.9. The van der Waals surface area contributed by atoms with Crippen LogP contribution in [0.15, 0.2) is 0 Å². The van der Waals surface area contributed by atoms with E-state index in [0.29, 0.717) is 6.54 Å². The van der Waals surface area contributed by atoms with Gasteiger partial charge in [0, 0.05) is 18.4 Å². The van der Waals surface area contributed by atoms with Crippen molar-refractivity contribution in [1.29, 1.82) is 0 Å². The van der Waals surface area contributed by atoms with E-state index in [1.54, 1.807) is 9.80 Å². The summed E-state index contributed by atoms with van der Waals surface area (Å²) < 4.78 is 0. The van der Waals surface area contributed by atoms with Gasteiger partial charge in [0.2, 0.25) is 11.8 Å². The summed E-state index contributed by atoms with van der Waals surface area (Å²) >= 11 is 3.60. The van der Waals surface area contributed by atoms with Gasteiger partial charge in [0.15, 0.2) is 0 Å². The molecule has 0 radical (unpaired) electrons. The van der Waals surface area contributed by atoms with Crippen LogP contribution in [0.5, 0.6) is 0 Å². The lowest BCUT2D eigenvalue weighted by molar-refractivity contribution is -0.151. The third-order valence-electron chi connectivity index (χ3n) is 4.33. The Hall–Kier alpha value is -0.580. The predicted molar refractivity (Wildman–Crippen MR) is 78.1 cm³/mol. The van der Waals surface area contributed by atoms with Gasteiger partial charge < -0.3 is 9.80 Å². The summed E-state index contributed by atoms with van der Waals surface area (Å²) in [5, 5.41) is 0.927. The van der Waals surface area contributed by atoms with Gasteiger partial charge in [-0.1, -0.05) is 35.7 Å². The Morgan fingerprint density at radius 3 is 2.26 bits per heavy atom. The third-order valence-corrected chi connectivity index (χ3v) is 5.51. The summed E-state index contributed by atoms with van der Waals surface area (Å²) in [5.41, 5.74) is 0.197. The Balaban J connectivity index is 1.98. The summed E-state index contributed by atoms with van der Waals surface area (Å²) in [6.45, 7) is 4.01. The fourth-order valence-corrected chi connectivity index (χ4v) is 3.92. The Bertz CT molecular complexity index is 353. The van der Waals surface area contributed by atoms with E-state index >= 15 is 0 Å². The molecule has 5 heteroatoms. The fraction of sp³-hybridized carbons (Fsp3) is 0.857. The van der Waals surface area contributed by atoms with Crippen LogP contribution in [0, 0.1) is 5.41 Å². The Kier molecular flexibility index (Phi) is 4.87. The topological polar surface area (TPSA) is 40.6 Å². The quantitative estimate of drug-likeness (QED) is 0.723. The maximum atomic E-state index is 12.2. The zero-order valence-corrected chi connectivity index (χ0v) is 13.2. The minimum Gasteiger partial charge on any atom is -0.332 e. The van der Waals surface area contributed by atoms with Gasteiger partial charge in [-0.05, 0) is 24.7 Å². The van der Waals surface area contributed by atoms with Crippen LogP contribution in [0.1, 0.15) is 39.0 Å². The molecule has 1 aliphatic carbocycles. The number of carbonyl (C=O) groups excluding carboxylic acids is 2. The second kappa shape index (κ2) is 6.25. The lowest BCUT2D eigenvalue weighted by Gasteiger charge is -2.39. The maximum absolute atomic E-state index is 12.2. The molecule has 1 aliphatic heterocycles. The zero-order chi connectivity index (χ0) is 13.9. The van der Waals surface area contributed by atoms with Crippen molar-refractivity contribution in [3.05, 3.63) is 0 Å². The Labute approximate surface area is 123 Å². The molecule has 2 fully saturated rings. The monoisotopic (exact) mass is 330 g/mol. The molecule has 1 saturated carbocycles. The minimum atomic E-state index is 0.101. The molecule has 2 rings (SSSR count). The van der Waals surface area contributed by atoms with Crippen molar-refractivity contribution in [2.45, 2.75) is 39.0 Å². The Morgan fingerprint density at radius 2 is 1.68 bits per heavy atom. The van der Waals surface area contributed by atoms with Gasteiger partial charge in [0.1, 0.15) is 0 Å². The van der Waals surface area contributed by atoms with E-state index in [2.05, 4.69) is 15.9 Å². The van der Waals surface area contributed by atoms with Crippen LogP contribution in [0.2, 0.25) is 0 Å². The van der Waals surface area contributed by atoms with Crippen molar-refractivity contribution in [3.63, 3.8) is 0 Å². The van der Waals surface area contributed by atoms with Gasteiger partial charge in [0.25, 0.3) is 0 Å². The van der Waals surface area contributed by atoms with Gasteiger partial charge in [0.05, 0.1) is 13.1 Å². The normalized spacial score (nSPS) is 23.3. The first-order valence-corrected chi connectivity index (χ1v) is 8.34. The van der Waals surface area contributed by atoms with Gasteiger partial charge in [-0.15, -0.1) is 0 Å². The number of carbonyl (C=O) groups is 2. The molecule has 0 aromatic heterocycles. The van der Waals surface area contributed by atoms with Crippen molar-refractivity contribution in [1.82, 2.24) is 9.80 Å². The van der Waals surface area contributed by atoms with E-state index in [1.807, 2.05) is 6.92 Å². The molecule has 2 aliphatic rings. The number of nitrogens with zero attached hydrogens (tertiary/aromatic N) is 2. The molecule has 2 amide bonds. The molecule has 4 nitrogen and oxygen atoms in total. The van der Waals surface area contributed by atoms with Crippen LogP contribution in [-0.2, 0) is 9.59 Å². The van der Waals surface area contributed by atoms with Crippen molar-refractivity contribution in [2.24, 2.45) is 5.41 Å². The number of piperazine rings is 1. The average Bonchev–Trinajstić information content (AvgIpc) is 2.85. The SMILES string of the molecule is CCCN1CC(=O)N(CC2(CBr)CCCC2)CC1=O. The van der Waals surface area contributed by atoms with Gasteiger partial charge in [-0.3, -0.25) is 9.59 Å². The predicted octanol–water partition coefficient (Wildman–Crippen LogP) is 2.02. The summed E-state index contributed by atoms with van der Waals surface area (Å²) in [7, 11) is 0. The molecule has 108 valence electrons. The molecule has 1 heterocycles. The lowest BCUT2D eigenvalue weighted by Crippen LogP contribution is -2.56. The van der Waals surface area contributed by atoms with E-state index < -0.39 is 0 Å². The molecule has 0 aromatic carbocycles. The number of amides is 2. The molecular weight excluding hydrogens is 308 g/mol. The first-order valence-electron chi connectivity index (χ1n) is 7.22. The summed E-state index contributed by atoms with van der Waals surface area (Å²) in [6, 6.07) is 0. The van der Waals surface area contributed by atoms with Crippen LogP contribution >= 0.6 is 15.9 Å². The number of halogens is 1. The van der Waals surface area contributed by atoms with Crippen LogP contribution < -0.4 is 0 Å². The highest BCUT2D eigenvalue weighted by Gasteiger charge is 2.38. The molecule has 0 bridgehead atoms. The summed E-state index contributed by atoms with van der Waals surface area (Å²) in [4.78, 5) is 27.7. The summed E-state index contributed by atoms with van der Waals surface area (Å²) in [6.07, 6.45) is 5.71. The molecular formula is C14H23BrN2O2. The number of hydrogen-bond acceptors (Lipinski definition) is 2. The van der Waals surface area contributed by atoms with E-state index in [-0.39, 0.29) is 30.3 Å². The maximum Gasteiger partial charge on any atom is 0.242 e. The van der Waals surface area contributed by atoms with E-state index in [4.69, 9.17) is 0 Å². The highest BCUT2D eigenvalue weighted by Crippen LogP contribution is 2.40. The second-order valence-electron chi connectivity index (χ2n) is 5.91. The number of rotatable bonds is 5. The van der Waals surface area contributed by atoms with Crippen LogP contribution in [0.4, 0.5) is 0 Å². The standard InChI is InChI=1S/C14H23BrN2O2/c1-2-7-16-8-13(19)17(9-12(16)18)11-14(10-15)5-3-4-6-14/h2-11H2,1H3. The molecule has 0 atom stereocenters. The Morgan fingerprint density at radius 1 is 1.11 bits per heavy atom. The van der Waals surface area contributed by atoms with Crippen molar-refractivity contribution < 1.29 is 9.59 Å². The van der Waals surface area contributed by atoms with E-state index in [0.717, 1.165) is 31.1 Å². The van der Waals surface area contributed by atoms with Crippen LogP contribution in [0.3, 0.4) is 0 Å². The van der Waals surface area contributed by atoms with E-state index in [1.165, 1.54) is 12.8 Å². The number of alkyl halides is 1. The number of hydrogen-bond donors (Lipinski definition) is 0. The molecule has 19 heavy (non-hydrogen) atoms. The zero-order valence-electron chi connectivity index (χ0n) is 11.7. The molecule has 0 spiro atoms. The summed E-state index contributed by atoms with van der Waals surface area (Å²) in [5.74, 6) is 0.212. The molecule has 0 N–H and O–H groups in total. The average molecular weight is 331 g/mol. The van der Waals surface area contributed by atoms with Gasteiger partial charge >= 0.3 is 0 Å². The minimum absolute atomic E-state index is 0.101. The highest BCUT2D eigenvalue weighted by molar-refractivity contribution is 9.09. The second-order valence-corrected chi connectivity index (χ2v) is 6.47. The van der Waals surface area contributed by atoms with Crippen LogP contribution in [-0.4, -0.2) is 53.1 Å². The third kappa shape index (κ3) is 3.30. The van der Waals surface area contributed by atoms with Crippen molar-refractivity contribution >= 4 is 27.7 Å². The largest absolute Gasteiger partial charge is 0.332 e.